The van der Waals surface area contributed by atoms with Gasteiger partial charge in [-0.3, -0.25) is 4.79 Å². The van der Waals surface area contributed by atoms with Gasteiger partial charge in [0.2, 0.25) is 0 Å². The lowest BCUT2D eigenvalue weighted by atomic mass is 10.0. The summed E-state index contributed by atoms with van der Waals surface area (Å²) in [7, 11) is 0. The molecule has 0 saturated carbocycles. The zero-order chi connectivity index (χ0) is 23.4. The minimum Gasteiger partial charge on any atom is -0.354 e. The van der Waals surface area contributed by atoms with Gasteiger partial charge in [0.25, 0.3) is 5.91 Å². The highest BCUT2D eigenvalue weighted by Gasteiger charge is 2.24. The van der Waals surface area contributed by atoms with Gasteiger partial charge in [0.15, 0.2) is 0 Å². The van der Waals surface area contributed by atoms with Gasteiger partial charge in [-0.15, -0.1) is 0 Å². The Morgan fingerprint density at radius 2 is 1.67 bits per heavy atom. The van der Waals surface area contributed by atoms with Gasteiger partial charge >= 0.3 is 0 Å². The van der Waals surface area contributed by atoms with E-state index in [9.17, 15) is 9.18 Å². The molecule has 0 spiro atoms. The first-order chi connectivity index (χ1) is 15.9. The van der Waals surface area contributed by atoms with Crippen LogP contribution in [0.5, 0.6) is 0 Å². The van der Waals surface area contributed by atoms with Crippen LogP contribution in [0.25, 0.3) is 0 Å². The number of nitrogens with zero attached hydrogens (tertiary/aromatic N) is 4. The van der Waals surface area contributed by atoms with Crippen LogP contribution in [0.3, 0.4) is 0 Å². The molecule has 33 heavy (non-hydrogen) atoms. The molecule has 1 aromatic heterocycles. The summed E-state index contributed by atoms with van der Waals surface area (Å²) in [6, 6.07) is 14.4. The second kappa shape index (κ2) is 10.1. The molecule has 1 aliphatic rings. The van der Waals surface area contributed by atoms with Crippen LogP contribution in [-0.4, -0.2) is 47.0 Å². The Morgan fingerprint density at radius 3 is 2.36 bits per heavy atom. The predicted molar refractivity (Wildman–Crippen MR) is 129 cm³/mol. The van der Waals surface area contributed by atoms with Gasteiger partial charge in [-0.2, -0.15) is 0 Å². The zero-order valence-corrected chi connectivity index (χ0v) is 19.6. The van der Waals surface area contributed by atoms with E-state index in [4.69, 9.17) is 9.97 Å². The number of anilines is 1. The zero-order valence-electron chi connectivity index (χ0n) is 19.6. The number of amides is 1. The number of halogens is 1. The van der Waals surface area contributed by atoms with Crippen molar-refractivity contribution in [1.82, 2.24) is 14.9 Å². The van der Waals surface area contributed by atoms with E-state index in [0.717, 1.165) is 43.1 Å². The summed E-state index contributed by atoms with van der Waals surface area (Å²) in [5, 5.41) is 0. The van der Waals surface area contributed by atoms with Gasteiger partial charge in [-0.25, -0.2) is 14.4 Å². The first kappa shape index (κ1) is 22.9. The Bertz CT molecular complexity index is 1110. The van der Waals surface area contributed by atoms with Crippen molar-refractivity contribution in [3.05, 3.63) is 88.1 Å². The van der Waals surface area contributed by atoms with Crippen LogP contribution in [0, 0.1) is 19.7 Å². The molecule has 2 heterocycles. The molecule has 6 heteroatoms. The van der Waals surface area contributed by atoms with Crippen molar-refractivity contribution in [2.24, 2.45) is 0 Å². The van der Waals surface area contributed by atoms with E-state index in [1.807, 2.05) is 11.8 Å². The fourth-order valence-corrected chi connectivity index (χ4v) is 4.39. The largest absolute Gasteiger partial charge is 0.354 e. The van der Waals surface area contributed by atoms with Crippen molar-refractivity contribution in [3.63, 3.8) is 0 Å². The summed E-state index contributed by atoms with van der Waals surface area (Å²) in [5.41, 5.74) is 5.27. The molecule has 1 fully saturated rings. The van der Waals surface area contributed by atoms with E-state index in [0.29, 0.717) is 25.2 Å². The summed E-state index contributed by atoms with van der Waals surface area (Å²) < 4.78 is 13.3. The van der Waals surface area contributed by atoms with Crippen molar-refractivity contribution < 1.29 is 9.18 Å². The van der Waals surface area contributed by atoms with Crippen LogP contribution in [-0.2, 0) is 12.8 Å². The Balaban J connectivity index is 1.58. The molecule has 1 amide bonds. The van der Waals surface area contributed by atoms with E-state index >= 15 is 0 Å². The minimum atomic E-state index is -0.333. The molecule has 2 aromatic carbocycles. The average molecular weight is 447 g/mol. The predicted octanol–water partition coefficient (Wildman–Crippen LogP) is 4.74. The topological polar surface area (TPSA) is 49.3 Å². The van der Waals surface area contributed by atoms with Gasteiger partial charge in [-0.1, -0.05) is 36.8 Å². The second-order valence-electron chi connectivity index (χ2n) is 8.68. The summed E-state index contributed by atoms with van der Waals surface area (Å²) in [6.07, 6.45) is 2.48. The number of carbonyl (C=O) groups excluding carboxylic acids is 1. The molecule has 0 aliphatic carbocycles. The number of aromatic nitrogens is 2. The van der Waals surface area contributed by atoms with Crippen molar-refractivity contribution in [3.8, 4) is 0 Å². The number of carbonyl (C=O) groups is 1. The van der Waals surface area contributed by atoms with Crippen LogP contribution in [0.1, 0.15) is 51.9 Å². The molecule has 0 N–H and O–H groups in total. The van der Waals surface area contributed by atoms with E-state index in [-0.39, 0.29) is 11.7 Å². The number of aryl methyl sites for hydroxylation is 3. The number of hydrogen-bond acceptors (Lipinski definition) is 4. The Morgan fingerprint density at radius 1 is 0.939 bits per heavy atom. The van der Waals surface area contributed by atoms with Crippen molar-refractivity contribution in [2.75, 3.05) is 31.1 Å². The lowest BCUT2D eigenvalue weighted by Gasteiger charge is -2.26. The van der Waals surface area contributed by atoms with E-state index < -0.39 is 0 Å². The molecule has 1 saturated heterocycles. The molecule has 3 aromatic rings. The molecule has 0 atom stereocenters. The molecule has 0 bridgehead atoms. The summed E-state index contributed by atoms with van der Waals surface area (Å²) in [6.45, 7) is 8.98. The number of benzene rings is 2. The fourth-order valence-electron chi connectivity index (χ4n) is 4.39. The third-order valence-corrected chi connectivity index (χ3v) is 6.19. The third-order valence-electron chi connectivity index (χ3n) is 6.19. The normalized spacial score (nSPS) is 14.3. The van der Waals surface area contributed by atoms with E-state index in [2.05, 4.69) is 43.0 Å². The smallest absolute Gasteiger partial charge is 0.253 e. The molecule has 4 rings (SSSR count). The first-order valence-corrected chi connectivity index (χ1v) is 11.7. The van der Waals surface area contributed by atoms with Crippen LogP contribution in [0.4, 0.5) is 10.2 Å². The second-order valence-corrected chi connectivity index (χ2v) is 8.68. The SMILES string of the molecule is CCc1nc(C)nc(N2CCCN(C(=O)c3ccc(F)cc3)CC2)c1Cc1ccc(C)cc1. The van der Waals surface area contributed by atoms with Crippen molar-refractivity contribution >= 4 is 11.7 Å². The monoisotopic (exact) mass is 446 g/mol. The van der Waals surface area contributed by atoms with E-state index in [1.165, 1.54) is 28.8 Å². The van der Waals surface area contributed by atoms with Crippen molar-refractivity contribution in [1.29, 1.82) is 0 Å². The number of rotatable bonds is 5. The van der Waals surface area contributed by atoms with Crippen LogP contribution >= 0.6 is 0 Å². The number of hydrogen-bond donors (Lipinski definition) is 0. The molecule has 172 valence electrons. The summed E-state index contributed by atoms with van der Waals surface area (Å²) in [5.74, 6) is 1.37. The molecule has 5 nitrogen and oxygen atoms in total. The highest BCUT2D eigenvalue weighted by atomic mass is 19.1. The molecule has 1 aliphatic heterocycles. The van der Waals surface area contributed by atoms with E-state index in [1.54, 1.807) is 12.1 Å². The summed E-state index contributed by atoms with van der Waals surface area (Å²) >= 11 is 0. The lowest BCUT2D eigenvalue weighted by molar-refractivity contribution is 0.0767. The van der Waals surface area contributed by atoms with Gasteiger partial charge < -0.3 is 9.80 Å². The molecule has 0 radical (unpaired) electrons. The maximum absolute atomic E-state index is 13.3. The van der Waals surface area contributed by atoms with Crippen molar-refractivity contribution in [2.45, 2.75) is 40.0 Å². The fraction of sp³-hybridized carbons (Fsp3) is 0.370. The Kier molecular flexibility index (Phi) is 7.02. The standard InChI is InChI=1S/C27H31FN4O/c1-4-25-24(18-21-8-6-19(2)7-9-21)26(30-20(3)29-25)31-14-5-15-32(17-16-31)27(33)22-10-12-23(28)13-11-22/h6-13H,4-5,14-18H2,1-3H3. The Hall–Kier alpha value is -3.28. The highest BCUT2D eigenvalue weighted by Crippen LogP contribution is 2.26. The molecular formula is C27H31FN4O. The van der Waals surface area contributed by atoms with Crippen LogP contribution < -0.4 is 4.90 Å². The van der Waals surface area contributed by atoms with Crippen LogP contribution in [0.15, 0.2) is 48.5 Å². The molecular weight excluding hydrogens is 415 g/mol. The van der Waals surface area contributed by atoms with Gasteiger partial charge in [0.1, 0.15) is 17.5 Å². The lowest BCUT2D eigenvalue weighted by Crippen LogP contribution is -2.35. The Labute approximate surface area is 195 Å². The van der Waals surface area contributed by atoms with Crippen LogP contribution in [0.2, 0.25) is 0 Å². The van der Waals surface area contributed by atoms with Gasteiger partial charge in [-0.05, 0) is 56.5 Å². The molecule has 0 unspecified atom stereocenters. The maximum Gasteiger partial charge on any atom is 0.253 e. The highest BCUT2D eigenvalue weighted by molar-refractivity contribution is 5.94. The van der Waals surface area contributed by atoms with Gasteiger partial charge in [0, 0.05) is 49.4 Å². The summed E-state index contributed by atoms with van der Waals surface area (Å²) in [4.78, 5) is 26.7. The average Bonchev–Trinajstić information content (AvgIpc) is 3.07. The quantitative estimate of drug-likeness (QED) is 0.568. The first-order valence-electron chi connectivity index (χ1n) is 11.7. The third kappa shape index (κ3) is 5.38. The minimum absolute atomic E-state index is 0.0511. The van der Waals surface area contributed by atoms with Gasteiger partial charge in [0.05, 0.1) is 0 Å². The maximum atomic E-state index is 13.3.